The summed E-state index contributed by atoms with van der Waals surface area (Å²) in [7, 11) is 0.878. The van der Waals surface area contributed by atoms with Crippen LogP contribution in [-0.2, 0) is 33.3 Å². The van der Waals surface area contributed by atoms with Crippen molar-refractivity contribution >= 4 is 52.3 Å². The van der Waals surface area contributed by atoms with Crippen LogP contribution in [0.3, 0.4) is 0 Å². The van der Waals surface area contributed by atoms with Crippen molar-refractivity contribution in [2.75, 3.05) is 39.4 Å². The van der Waals surface area contributed by atoms with Gasteiger partial charge in [0.2, 0.25) is 0 Å². The summed E-state index contributed by atoms with van der Waals surface area (Å²) in [5, 5.41) is 2.78. The molecule has 3 aromatic heterocycles. The Balaban J connectivity index is 0.996. The Morgan fingerprint density at radius 2 is 1.35 bits per heavy atom. The molecule has 2 saturated heterocycles. The van der Waals surface area contributed by atoms with E-state index >= 15 is 0 Å². The van der Waals surface area contributed by atoms with Crippen molar-refractivity contribution in [3.8, 4) is 11.5 Å². The molecule has 394 valence electrons. The molecule has 9 rings (SSSR count). The van der Waals surface area contributed by atoms with Crippen LogP contribution in [0, 0.1) is 0 Å². The van der Waals surface area contributed by atoms with Gasteiger partial charge < -0.3 is 0 Å². The molecule has 5 heterocycles. The van der Waals surface area contributed by atoms with E-state index in [9.17, 15) is 14.4 Å². The topological polar surface area (TPSA) is 201 Å². The zero-order chi connectivity index (χ0) is 53.1. The molecule has 75 heavy (non-hydrogen) atoms. The Hall–Kier alpha value is -5.89. The summed E-state index contributed by atoms with van der Waals surface area (Å²) >= 11 is 3.23. The Bertz CT molecular complexity index is 3220. The first-order valence-electron chi connectivity index (χ1n) is 24.6. The molecule has 1 amide bonds. The van der Waals surface area contributed by atoms with Crippen LogP contribution in [0.25, 0.3) is 11.2 Å². The monoisotopic (exact) mass is 1120 g/mol. The second-order valence-electron chi connectivity index (χ2n) is 20.1. The minimum atomic E-state index is -2.89. The third kappa shape index (κ3) is 11.8. The van der Waals surface area contributed by atoms with E-state index < -0.39 is 61.9 Å². The van der Waals surface area contributed by atoms with Crippen LogP contribution in [0.4, 0.5) is 5.82 Å². The van der Waals surface area contributed by atoms with Gasteiger partial charge in [-0.15, -0.1) is 0 Å². The predicted octanol–water partition coefficient (Wildman–Crippen LogP) is 8.58. The number of benzene rings is 4. The Labute approximate surface area is 443 Å². The molecule has 18 nitrogen and oxygen atoms in total. The van der Waals surface area contributed by atoms with E-state index in [1.165, 1.54) is 23.2 Å². The molecule has 0 saturated carbocycles. The van der Waals surface area contributed by atoms with Crippen molar-refractivity contribution < 1.29 is 42.0 Å². The third-order valence-corrected chi connectivity index (χ3v) is 21.1. The van der Waals surface area contributed by atoms with Gasteiger partial charge in [-0.05, 0) is 12.1 Å². The number of hydrogen-bond donors (Lipinski definition) is 2. The van der Waals surface area contributed by atoms with Crippen molar-refractivity contribution in [1.29, 1.82) is 0 Å². The van der Waals surface area contributed by atoms with E-state index in [1.807, 2.05) is 96.2 Å². The molecule has 2 aliphatic rings. The summed E-state index contributed by atoms with van der Waals surface area (Å²) in [5.41, 5.74) is 1.54. The first-order valence-corrected chi connectivity index (χ1v) is 31.8. The zero-order valence-corrected chi connectivity index (χ0v) is 46.7. The van der Waals surface area contributed by atoms with Gasteiger partial charge in [-0.2, -0.15) is 0 Å². The van der Waals surface area contributed by atoms with Gasteiger partial charge in [-0.1, -0.05) is 18.2 Å². The van der Waals surface area contributed by atoms with E-state index in [1.54, 1.807) is 44.8 Å². The Morgan fingerprint density at radius 3 is 1.95 bits per heavy atom. The molecule has 21 heteroatoms. The number of fused-ring (bicyclic) bond motifs is 1. The second kappa shape index (κ2) is 22.4. The first kappa shape index (κ1) is 53.9. The number of aromatic amines is 1. The number of H-pyrrole nitrogens is 1. The minimum absolute atomic E-state index is 0.0118. The van der Waals surface area contributed by atoms with Gasteiger partial charge in [0, 0.05) is 5.56 Å². The molecule has 2 N–H and O–H groups in total. The van der Waals surface area contributed by atoms with Gasteiger partial charge in [0.05, 0.1) is 14.2 Å². The number of carbonyl (C=O) groups is 1. The van der Waals surface area contributed by atoms with E-state index in [2.05, 4.69) is 74.2 Å². The molecule has 2 aliphatic heterocycles. The Morgan fingerprint density at radius 1 is 0.773 bits per heavy atom. The molecule has 4 aromatic carbocycles. The fraction of sp³-hybridized carbons (Fsp3) is 0.370. The predicted molar refractivity (Wildman–Crippen MR) is 288 cm³/mol. The van der Waals surface area contributed by atoms with Gasteiger partial charge in [0.25, 0.3) is 0 Å². The molecular weight excluding hydrogens is 1060 g/mol. The average Bonchev–Trinajstić information content (AvgIpc) is 4.13. The molecule has 7 atom stereocenters. The normalized spacial score (nSPS) is 21.0. The molecule has 0 spiro atoms. The SMILES string of the molecule is COc1ccc(C(OC[C@H]2O[C@@H](n3ccc(=O)[nH]c3=O)C[C@@H]2OP(C)(=[Se])OC[C@H]2O[C@@H](n3cnc4c(NC(=O)c5ccccc5)ncnc43)C[C@@H]2O[Si](C)(C)C(C)(C)C)(c2ccccc2)c2ccc(OC)cc2)cc1. The number of ether oxygens (including phenoxy) is 5. The van der Waals surface area contributed by atoms with Crippen molar-refractivity contribution in [2.45, 2.75) is 94.2 Å². The number of methoxy groups -OCH3 is 2. The van der Waals surface area contributed by atoms with Gasteiger partial charge in [-0.3, -0.25) is 4.79 Å². The van der Waals surface area contributed by atoms with Crippen molar-refractivity contribution in [3.05, 3.63) is 177 Å². The summed E-state index contributed by atoms with van der Waals surface area (Å²) in [5.74, 6) is -1.57. The van der Waals surface area contributed by atoms with Crippen molar-refractivity contribution in [1.82, 2.24) is 29.1 Å². The number of amides is 1. The van der Waals surface area contributed by atoms with Crippen molar-refractivity contribution in [3.63, 3.8) is 0 Å². The molecule has 1 unspecified atom stereocenters. The number of imidazole rings is 1. The van der Waals surface area contributed by atoms with Gasteiger partial charge in [0.1, 0.15) is 0 Å². The van der Waals surface area contributed by atoms with Gasteiger partial charge >= 0.3 is 391 Å². The Kier molecular flexibility index (Phi) is 16.1. The van der Waals surface area contributed by atoms with E-state index in [0.29, 0.717) is 34.6 Å². The van der Waals surface area contributed by atoms with Crippen molar-refractivity contribution in [2.24, 2.45) is 0 Å². The van der Waals surface area contributed by atoms with E-state index in [4.69, 9.17) is 37.2 Å². The molecule has 0 aliphatic carbocycles. The standard InChI is InChI=1S/C54H62N7O11PSeSi/c1-53(2,3)75(7,8)72-42-30-47(61-34-57-48-49(55-33-56-50(48)61)59-51(63)35-15-11-9-12-16-35)70-44(42)32-68-73(6,74)71-41-29-46(60-28-27-45(62)58-52(60)64)69-43(41)31-67-54(36-17-13-10-14-18-36,37-19-23-39(65-4)24-20-37)38-21-25-40(66-5)26-22-38/h9-28,33-34,41-44,46-47H,29-32H2,1-8H3,(H,58,62,64)(H,55,56,59,63)/t41-,42-,43+,44+,46+,47+,73?/m0/s1. The average molecular weight is 1120 g/mol. The molecule has 0 radical (unpaired) electrons. The number of nitrogens with zero attached hydrogens (tertiary/aromatic N) is 5. The van der Waals surface area contributed by atoms with Crippen LogP contribution >= 0.6 is 5.96 Å². The van der Waals surface area contributed by atoms with E-state index in [0.717, 1.165) is 16.7 Å². The van der Waals surface area contributed by atoms with Crippen LogP contribution < -0.4 is 26.0 Å². The summed E-state index contributed by atoms with van der Waals surface area (Å²) in [6, 6.07) is 35.6. The maximum atomic E-state index is 13.3. The molecule has 0 bridgehead atoms. The van der Waals surface area contributed by atoms with Gasteiger partial charge in [0.15, 0.2) is 0 Å². The first-order chi connectivity index (χ1) is 35.9. The maximum absolute atomic E-state index is 13.3. The number of anilines is 1. The fourth-order valence-corrected chi connectivity index (χ4v) is 12.8. The van der Waals surface area contributed by atoms with Crippen LogP contribution in [-0.4, -0.2) is 117 Å². The summed E-state index contributed by atoms with van der Waals surface area (Å²) in [4.78, 5) is 54.6. The molecule has 7 aromatic rings. The van der Waals surface area contributed by atoms with Crippen LogP contribution in [0.1, 0.15) is 73.1 Å². The number of aromatic nitrogens is 6. The quantitative estimate of drug-likeness (QED) is 0.0443. The summed E-state index contributed by atoms with van der Waals surface area (Å²) < 4.78 is 56.1. The second-order valence-corrected chi connectivity index (χ2v) is 31.0. The number of carbonyl (C=O) groups excluding carboxylic acids is 1. The van der Waals surface area contributed by atoms with Gasteiger partial charge in [-0.25, -0.2) is 0 Å². The number of rotatable bonds is 19. The third-order valence-electron chi connectivity index (χ3n) is 14.1. The number of hydrogen-bond acceptors (Lipinski definition) is 14. The van der Waals surface area contributed by atoms with Crippen LogP contribution in [0.2, 0.25) is 18.1 Å². The summed E-state index contributed by atoms with van der Waals surface area (Å²) in [6.07, 6.45) is 1.37. The number of nitrogens with one attached hydrogen (secondary N) is 2. The fourth-order valence-electron chi connectivity index (χ4n) is 9.18. The molecule has 2 fully saturated rings. The zero-order valence-electron chi connectivity index (χ0n) is 43.1. The summed E-state index contributed by atoms with van der Waals surface area (Å²) in [6.45, 7) is 12.9. The van der Waals surface area contributed by atoms with Crippen LogP contribution in [0.15, 0.2) is 144 Å². The van der Waals surface area contributed by atoms with E-state index in [-0.39, 0.29) is 42.5 Å². The molecular formula is C54H62N7O11PSeSi. The van der Waals surface area contributed by atoms with Crippen LogP contribution in [0.5, 0.6) is 11.5 Å².